The topological polar surface area (TPSA) is 43.7 Å². The second-order valence-electron chi connectivity index (χ2n) is 7.12. The number of aliphatic hydroxyl groups is 1. The Morgan fingerprint density at radius 3 is 2.40 bits per heavy atom. The summed E-state index contributed by atoms with van der Waals surface area (Å²) in [5.41, 5.74) is 3.79. The zero-order chi connectivity index (χ0) is 16.5. The second-order valence-corrected chi connectivity index (χ2v) is 7.12. The van der Waals surface area contributed by atoms with Crippen LogP contribution in [-0.4, -0.2) is 34.3 Å². The molecule has 2 aliphatic rings. The Hall–Kier alpha value is -1.55. The van der Waals surface area contributed by atoms with Gasteiger partial charge in [0.2, 0.25) is 0 Å². The summed E-state index contributed by atoms with van der Waals surface area (Å²) >= 11 is 0. The number of piperidine rings is 1. The lowest BCUT2D eigenvalue weighted by Crippen LogP contribution is -2.45. The van der Waals surface area contributed by atoms with Gasteiger partial charge in [-0.25, -0.2) is 0 Å². The predicted octanol–water partition coefficient (Wildman–Crippen LogP) is 4.04. The summed E-state index contributed by atoms with van der Waals surface area (Å²) < 4.78 is 0. The number of aryl methyl sites for hydroxylation is 1. The van der Waals surface area contributed by atoms with Gasteiger partial charge >= 0.3 is 0 Å². The molecule has 134 valence electrons. The van der Waals surface area contributed by atoms with Crippen molar-refractivity contribution in [2.45, 2.75) is 43.7 Å². The number of halogens is 1. The zero-order valence-corrected chi connectivity index (χ0v) is 15.2. The van der Waals surface area contributed by atoms with Crippen LogP contribution in [0, 0.1) is 0 Å². The van der Waals surface area contributed by atoms with Crippen molar-refractivity contribution < 1.29 is 10.2 Å². The second kappa shape index (κ2) is 7.77. The molecule has 0 unspecified atom stereocenters. The fourth-order valence-corrected chi connectivity index (χ4v) is 4.51. The van der Waals surface area contributed by atoms with Gasteiger partial charge in [-0.15, -0.1) is 12.4 Å². The highest BCUT2D eigenvalue weighted by Crippen LogP contribution is 2.39. The van der Waals surface area contributed by atoms with Crippen molar-refractivity contribution in [3.63, 3.8) is 0 Å². The van der Waals surface area contributed by atoms with E-state index in [-0.39, 0.29) is 18.3 Å². The summed E-state index contributed by atoms with van der Waals surface area (Å²) in [5, 5.41) is 20.8. The van der Waals surface area contributed by atoms with Gasteiger partial charge in [0, 0.05) is 18.5 Å². The average molecular weight is 360 g/mol. The quantitative estimate of drug-likeness (QED) is 0.850. The number of nitrogens with zero attached hydrogens (tertiary/aromatic N) is 1. The van der Waals surface area contributed by atoms with Gasteiger partial charge in [-0.3, -0.25) is 4.90 Å². The molecule has 0 bridgehead atoms. The molecule has 0 amide bonds. The number of phenols is 1. The number of aliphatic hydroxyl groups excluding tert-OH is 1. The van der Waals surface area contributed by atoms with Crippen molar-refractivity contribution >= 4 is 12.4 Å². The van der Waals surface area contributed by atoms with Crippen molar-refractivity contribution in [3.8, 4) is 5.75 Å². The summed E-state index contributed by atoms with van der Waals surface area (Å²) in [6.07, 6.45) is 4.02. The Bertz CT molecular complexity index is 721. The monoisotopic (exact) mass is 359 g/mol. The highest BCUT2D eigenvalue weighted by molar-refractivity contribution is 5.85. The van der Waals surface area contributed by atoms with E-state index in [2.05, 4.69) is 29.2 Å². The van der Waals surface area contributed by atoms with E-state index in [0.29, 0.717) is 18.3 Å². The molecular weight excluding hydrogens is 334 g/mol. The highest BCUT2D eigenvalue weighted by atomic mass is 35.5. The lowest BCUT2D eigenvalue weighted by atomic mass is 9.82. The fraction of sp³-hybridized carbons (Fsp3) is 0.429. The molecule has 2 aromatic rings. The van der Waals surface area contributed by atoms with Crippen molar-refractivity contribution in [1.82, 2.24) is 4.90 Å². The summed E-state index contributed by atoms with van der Waals surface area (Å²) in [6, 6.07) is 16.6. The minimum Gasteiger partial charge on any atom is -0.508 e. The van der Waals surface area contributed by atoms with Crippen LogP contribution in [0.25, 0.3) is 0 Å². The first-order valence-corrected chi connectivity index (χ1v) is 9.02. The van der Waals surface area contributed by atoms with Gasteiger partial charge in [-0.1, -0.05) is 42.5 Å². The number of rotatable bonds is 2. The Morgan fingerprint density at radius 1 is 0.920 bits per heavy atom. The molecule has 4 heteroatoms. The van der Waals surface area contributed by atoms with Gasteiger partial charge in [0.25, 0.3) is 0 Å². The molecule has 1 aliphatic carbocycles. The van der Waals surface area contributed by atoms with Gasteiger partial charge in [0.05, 0.1) is 6.10 Å². The number of aromatic hydroxyl groups is 1. The molecule has 4 rings (SSSR count). The van der Waals surface area contributed by atoms with Crippen molar-refractivity contribution in [3.05, 3.63) is 65.2 Å². The van der Waals surface area contributed by atoms with Gasteiger partial charge in [-0.05, 0) is 55.0 Å². The lowest BCUT2D eigenvalue weighted by molar-refractivity contribution is 0.0245. The van der Waals surface area contributed by atoms with Gasteiger partial charge in [0.1, 0.15) is 5.75 Å². The van der Waals surface area contributed by atoms with Crippen LogP contribution < -0.4 is 0 Å². The third kappa shape index (κ3) is 3.55. The molecular formula is C21H26ClNO2. The Labute approximate surface area is 155 Å². The molecule has 25 heavy (non-hydrogen) atoms. The molecule has 1 saturated heterocycles. The molecule has 1 fully saturated rings. The van der Waals surface area contributed by atoms with Crippen LogP contribution in [0.4, 0.5) is 0 Å². The smallest absolute Gasteiger partial charge is 0.119 e. The van der Waals surface area contributed by atoms with E-state index in [1.165, 1.54) is 30.4 Å². The number of fused-ring (bicyclic) bond motifs is 1. The molecule has 0 saturated carbocycles. The third-order valence-electron chi connectivity index (χ3n) is 5.73. The first-order chi connectivity index (χ1) is 11.7. The maximum atomic E-state index is 10.7. The summed E-state index contributed by atoms with van der Waals surface area (Å²) in [5.74, 6) is 0.333. The number of benzene rings is 2. The van der Waals surface area contributed by atoms with Crippen LogP contribution in [0.15, 0.2) is 48.5 Å². The van der Waals surface area contributed by atoms with Crippen LogP contribution in [0.2, 0.25) is 0 Å². The maximum Gasteiger partial charge on any atom is 0.119 e. The maximum absolute atomic E-state index is 10.7. The Morgan fingerprint density at radius 2 is 1.64 bits per heavy atom. The van der Waals surface area contributed by atoms with Crippen LogP contribution in [0.5, 0.6) is 5.75 Å². The summed E-state index contributed by atoms with van der Waals surface area (Å²) in [4.78, 5) is 2.44. The summed E-state index contributed by atoms with van der Waals surface area (Å²) in [7, 11) is 0. The molecule has 2 N–H and O–H groups in total. The van der Waals surface area contributed by atoms with Crippen molar-refractivity contribution in [2.24, 2.45) is 0 Å². The van der Waals surface area contributed by atoms with Gasteiger partial charge in [-0.2, -0.15) is 0 Å². The number of β-amino-alcohol motifs (C(OH)–C–C–N with tert-alkyl or cyclic N) is 1. The van der Waals surface area contributed by atoms with E-state index >= 15 is 0 Å². The fourth-order valence-electron chi connectivity index (χ4n) is 4.51. The third-order valence-corrected chi connectivity index (χ3v) is 5.73. The number of para-hydroxylation sites is 1. The standard InChI is InChI=1S/C21H25NO2.ClH/c23-20-11-4-3-9-17(20)18-12-13-22(14-21(18)24)19-10-5-7-15-6-1-2-8-16(15)19;/h1-4,6,8-9,11,18-19,21,23-24H,5,7,10,12-14H2;1H/t18-,19-,21+;/m1./s1. The Kier molecular flexibility index (Phi) is 5.67. The van der Waals surface area contributed by atoms with Crippen LogP contribution in [0.3, 0.4) is 0 Å². The molecule has 1 aliphatic heterocycles. The minimum atomic E-state index is -0.430. The molecule has 0 spiro atoms. The van der Waals surface area contributed by atoms with Crippen LogP contribution in [-0.2, 0) is 6.42 Å². The molecule has 1 heterocycles. The molecule has 0 aromatic heterocycles. The number of phenolic OH excluding ortho intramolecular Hbond substituents is 1. The molecule has 2 aromatic carbocycles. The van der Waals surface area contributed by atoms with Gasteiger partial charge in [0.15, 0.2) is 0 Å². The lowest BCUT2D eigenvalue weighted by Gasteiger charge is -2.42. The van der Waals surface area contributed by atoms with Crippen molar-refractivity contribution in [2.75, 3.05) is 13.1 Å². The van der Waals surface area contributed by atoms with Crippen LogP contribution >= 0.6 is 12.4 Å². The molecule has 3 nitrogen and oxygen atoms in total. The zero-order valence-electron chi connectivity index (χ0n) is 14.3. The number of likely N-dealkylation sites (tertiary alicyclic amines) is 1. The largest absolute Gasteiger partial charge is 0.508 e. The van der Waals surface area contributed by atoms with Crippen LogP contribution in [0.1, 0.15) is 47.9 Å². The van der Waals surface area contributed by atoms with E-state index in [4.69, 9.17) is 0 Å². The van der Waals surface area contributed by atoms with E-state index in [1.807, 2.05) is 18.2 Å². The van der Waals surface area contributed by atoms with E-state index in [0.717, 1.165) is 18.5 Å². The number of hydrogen-bond donors (Lipinski definition) is 2. The summed E-state index contributed by atoms with van der Waals surface area (Å²) in [6.45, 7) is 1.65. The normalized spacial score (nSPS) is 26.5. The number of hydrogen-bond acceptors (Lipinski definition) is 3. The molecule has 0 radical (unpaired) electrons. The van der Waals surface area contributed by atoms with E-state index in [9.17, 15) is 10.2 Å². The highest BCUT2D eigenvalue weighted by Gasteiger charge is 2.35. The first-order valence-electron chi connectivity index (χ1n) is 9.02. The Balaban J connectivity index is 0.00000182. The van der Waals surface area contributed by atoms with Crippen molar-refractivity contribution in [1.29, 1.82) is 0 Å². The van der Waals surface area contributed by atoms with E-state index < -0.39 is 6.10 Å². The SMILES string of the molecule is Cl.Oc1ccccc1[C@H]1CCN([C@@H]2CCCc3ccccc32)C[C@@H]1O. The average Bonchev–Trinajstić information content (AvgIpc) is 2.62. The molecule has 3 atom stereocenters. The predicted molar refractivity (Wildman–Crippen MR) is 102 cm³/mol. The first kappa shape index (κ1) is 18.2. The van der Waals surface area contributed by atoms with E-state index in [1.54, 1.807) is 6.07 Å². The minimum absolute atomic E-state index is 0. The van der Waals surface area contributed by atoms with Gasteiger partial charge < -0.3 is 10.2 Å².